The van der Waals surface area contributed by atoms with E-state index in [9.17, 15) is 33.2 Å². The van der Waals surface area contributed by atoms with Crippen LogP contribution in [0.3, 0.4) is 0 Å². The number of nitriles is 1. The van der Waals surface area contributed by atoms with Gasteiger partial charge in [-0.2, -0.15) is 5.26 Å². The van der Waals surface area contributed by atoms with Gasteiger partial charge in [0.2, 0.25) is 0 Å². The molecule has 0 amide bonds. The molecule has 0 spiro atoms. The Morgan fingerprint density at radius 1 is 1.22 bits per heavy atom. The van der Waals surface area contributed by atoms with Crippen molar-refractivity contribution in [2.24, 2.45) is 0 Å². The van der Waals surface area contributed by atoms with Gasteiger partial charge in [0, 0.05) is 53.9 Å². The predicted octanol–water partition coefficient (Wildman–Crippen LogP) is 4.95. The lowest BCUT2D eigenvalue weighted by atomic mass is 10.0. The maximum absolute atomic E-state index is 13.9. The van der Waals surface area contributed by atoms with E-state index in [4.69, 9.17) is 16.3 Å². The number of anilines is 1. The molecule has 5 heterocycles. The lowest BCUT2D eigenvalue weighted by Gasteiger charge is -2.37. The third-order valence-corrected chi connectivity index (χ3v) is 11.1. The largest absolute Gasteiger partial charge is 0.491 e. The molecule has 49 heavy (non-hydrogen) atoms. The highest BCUT2D eigenvalue weighted by Gasteiger charge is 2.28. The Kier molecular flexibility index (Phi) is 10.00. The van der Waals surface area contributed by atoms with Crippen LogP contribution in [0.1, 0.15) is 24.2 Å². The van der Waals surface area contributed by atoms with Crippen LogP contribution in [0.25, 0.3) is 32.2 Å². The standard InChI is InChI=1S/C32H31ClF2N7O5PS/c1-18-39-24-15-38-31(40(2)20-6-9-41(10-7-20)16-27(34)35)23(14-36)28(24)32(43)42(18)11-12-47-25-4-3-19(33)13-22(25)21-5-8-37-29-26(48(44,45)46)17-49-30(21)29/h3-5,8,13,15,17,20,27H,6-7,9-12,16H2,1-2H3,(H2,44,45,46). The summed E-state index contributed by atoms with van der Waals surface area (Å²) in [7, 11) is -2.76. The number of thiophene rings is 1. The number of nitrogens with zero attached hydrogens (tertiary/aromatic N) is 7. The van der Waals surface area contributed by atoms with Crippen molar-refractivity contribution in [1.29, 1.82) is 5.26 Å². The number of aromatic nitrogens is 4. The summed E-state index contributed by atoms with van der Waals surface area (Å²) in [5.74, 6) is 1.15. The van der Waals surface area contributed by atoms with Crippen molar-refractivity contribution in [1.82, 2.24) is 24.4 Å². The summed E-state index contributed by atoms with van der Waals surface area (Å²) in [6.07, 6.45) is 1.75. The van der Waals surface area contributed by atoms with Gasteiger partial charge < -0.3 is 19.4 Å². The molecule has 1 saturated heterocycles. The number of aryl methyl sites for hydroxylation is 1. The monoisotopic (exact) mass is 729 g/mol. The van der Waals surface area contributed by atoms with Gasteiger partial charge in [0.05, 0.1) is 40.4 Å². The lowest BCUT2D eigenvalue weighted by Crippen LogP contribution is -2.45. The van der Waals surface area contributed by atoms with E-state index in [1.807, 2.05) is 4.90 Å². The van der Waals surface area contributed by atoms with Gasteiger partial charge in [0.15, 0.2) is 0 Å². The first-order chi connectivity index (χ1) is 23.4. The molecule has 0 saturated carbocycles. The number of hydrogen-bond donors (Lipinski definition) is 2. The Morgan fingerprint density at radius 3 is 2.67 bits per heavy atom. The van der Waals surface area contributed by atoms with E-state index >= 15 is 0 Å². The fraction of sp³-hybridized carbons (Fsp3) is 0.344. The molecule has 12 nitrogen and oxygen atoms in total. The average Bonchev–Trinajstić information content (AvgIpc) is 3.51. The van der Waals surface area contributed by atoms with Gasteiger partial charge in [-0.1, -0.05) is 11.6 Å². The second-order valence-corrected chi connectivity index (χ2v) is 14.6. The number of pyridine rings is 2. The SMILES string of the molecule is Cc1nc2cnc(N(C)C3CCN(CC(F)F)CC3)c(C#N)c2c(=O)n1CCOc1ccc(Cl)cc1-c1ccnc2c(P(=O)(O)O)csc12. The summed E-state index contributed by atoms with van der Waals surface area (Å²) in [6, 6.07) is 8.83. The average molecular weight is 730 g/mol. The van der Waals surface area contributed by atoms with Crippen LogP contribution in [0.2, 0.25) is 5.02 Å². The highest BCUT2D eigenvalue weighted by Crippen LogP contribution is 2.43. The second kappa shape index (κ2) is 14.1. The van der Waals surface area contributed by atoms with Crippen LogP contribution in [-0.2, 0) is 11.1 Å². The fourth-order valence-electron chi connectivity index (χ4n) is 6.23. The van der Waals surface area contributed by atoms with Crippen LogP contribution >= 0.6 is 30.5 Å². The van der Waals surface area contributed by atoms with Gasteiger partial charge >= 0.3 is 7.60 Å². The molecule has 1 aliphatic heterocycles. The molecule has 5 aromatic rings. The van der Waals surface area contributed by atoms with Crippen LogP contribution in [0, 0.1) is 18.3 Å². The maximum atomic E-state index is 13.9. The molecular weight excluding hydrogens is 699 g/mol. The van der Waals surface area contributed by atoms with Crippen molar-refractivity contribution in [3.8, 4) is 22.9 Å². The third kappa shape index (κ3) is 7.03. The number of ether oxygens (including phenoxy) is 1. The minimum Gasteiger partial charge on any atom is -0.491 e. The molecule has 1 aromatic carbocycles. The lowest BCUT2D eigenvalue weighted by molar-refractivity contribution is 0.0754. The highest BCUT2D eigenvalue weighted by atomic mass is 35.5. The molecular formula is C32H31ClF2N7O5PS. The topological polar surface area (TPSA) is 158 Å². The van der Waals surface area contributed by atoms with Crippen LogP contribution in [-0.4, -0.2) is 80.0 Å². The van der Waals surface area contributed by atoms with Crippen molar-refractivity contribution >= 4 is 62.8 Å². The molecule has 17 heteroatoms. The van der Waals surface area contributed by atoms with Gasteiger partial charge in [-0.3, -0.25) is 23.8 Å². The molecule has 6 rings (SSSR count). The number of benzene rings is 1. The molecule has 0 bridgehead atoms. The first-order valence-electron chi connectivity index (χ1n) is 15.3. The molecule has 0 unspecified atom stereocenters. The van der Waals surface area contributed by atoms with Gasteiger partial charge in [-0.05, 0) is 44.0 Å². The summed E-state index contributed by atoms with van der Waals surface area (Å²) >= 11 is 7.50. The van der Waals surface area contributed by atoms with Crippen molar-refractivity contribution < 1.29 is 27.9 Å². The summed E-state index contributed by atoms with van der Waals surface area (Å²) in [5.41, 5.74) is 1.33. The molecule has 0 atom stereocenters. The normalized spacial score (nSPS) is 14.5. The summed E-state index contributed by atoms with van der Waals surface area (Å²) < 4.78 is 45.9. The Labute approximate surface area is 288 Å². The zero-order valence-electron chi connectivity index (χ0n) is 26.4. The van der Waals surface area contributed by atoms with Crippen molar-refractivity contribution in [3.63, 3.8) is 0 Å². The number of alkyl halides is 2. The van der Waals surface area contributed by atoms with E-state index in [1.165, 1.54) is 22.3 Å². The van der Waals surface area contributed by atoms with E-state index in [0.29, 0.717) is 64.2 Å². The minimum absolute atomic E-state index is 0.0336. The summed E-state index contributed by atoms with van der Waals surface area (Å²) in [5, 5.41) is 12.0. The highest BCUT2D eigenvalue weighted by molar-refractivity contribution is 7.61. The molecule has 2 N–H and O–H groups in total. The molecule has 4 aromatic heterocycles. The van der Waals surface area contributed by atoms with Gasteiger partial charge in [0.25, 0.3) is 12.0 Å². The summed E-state index contributed by atoms with van der Waals surface area (Å²) in [6.45, 7) is 2.51. The number of rotatable bonds is 10. The zero-order chi connectivity index (χ0) is 35.0. The van der Waals surface area contributed by atoms with Gasteiger partial charge in [-0.25, -0.2) is 18.7 Å². The fourth-order valence-corrected chi connectivity index (χ4v) is 8.55. The number of piperidine rings is 1. The van der Waals surface area contributed by atoms with Crippen molar-refractivity contribution in [3.05, 3.63) is 68.8 Å². The Morgan fingerprint density at radius 2 is 1.98 bits per heavy atom. The van der Waals surface area contributed by atoms with Crippen molar-refractivity contribution in [2.75, 3.05) is 38.2 Å². The van der Waals surface area contributed by atoms with Gasteiger partial charge in [0.1, 0.15) is 40.9 Å². The zero-order valence-corrected chi connectivity index (χ0v) is 28.9. The van der Waals surface area contributed by atoms with Crippen LogP contribution < -0.4 is 20.5 Å². The molecule has 256 valence electrons. The Balaban J connectivity index is 1.27. The van der Waals surface area contributed by atoms with Crippen LogP contribution in [0.5, 0.6) is 5.75 Å². The number of halogens is 3. The van der Waals surface area contributed by atoms with Crippen LogP contribution in [0.15, 0.2) is 46.8 Å². The Bertz CT molecular complexity index is 2200. The van der Waals surface area contributed by atoms with E-state index in [0.717, 1.165) is 11.3 Å². The first-order valence-corrected chi connectivity index (χ1v) is 18.1. The van der Waals surface area contributed by atoms with E-state index in [2.05, 4.69) is 21.0 Å². The number of likely N-dealkylation sites (tertiary alicyclic amines) is 1. The smallest absolute Gasteiger partial charge is 0.359 e. The minimum atomic E-state index is -4.56. The Hall–Kier alpha value is -4.03. The number of hydrogen-bond acceptors (Lipinski definition) is 10. The molecule has 0 radical (unpaired) electrons. The molecule has 0 aliphatic carbocycles. The molecule has 1 fully saturated rings. The van der Waals surface area contributed by atoms with E-state index in [-0.39, 0.29) is 53.0 Å². The summed E-state index contributed by atoms with van der Waals surface area (Å²) in [4.78, 5) is 50.3. The van der Waals surface area contributed by atoms with Crippen molar-refractivity contribution in [2.45, 2.75) is 38.8 Å². The predicted molar refractivity (Wildman–Crippen MR) is 184 cm³/mol. The first kappa shape index (κ1) is 34.8. The third-order valence-electron chi connectivity index (χ3n) is 8.67. The number of fused-ring (bicyclic) bond motifs is 2. The second-order valence-electron chi connectivity index (χ2n) is 11.7. The molecule has 1 aliphatic rings. The quantitative estimate of drug-likeness (QED) is 0.188. The maximum Gasteiger partial charge on any atom is 0.359 e. The van der Waals surface area contributed by atoms with Crippen LogP contribution in [0.4, 0.5) is 14.6 Å². The van der Waals surface area contributed by atoms with E-state index < -0.39 is 19.6 Å². The van der Waals surface area contributed by atoms with E-state index in [1.54, 1.807) is 43.1 Å². The van der Waals surface area contributed by atoms with Gasteiger partial charge in [-0.15, -0.1) is 11.3 Å².